The fourth-order valence-electron chi connectivity index (χ4n) is 2.30. The van der Waals surface area contributed by atoms with Gasteiger partial charge in [-0.25, -0.2) is 4.79 Å². The number of amides is 1. The maximum absolute atomic E-state index is 11.7. The van der Waals surface area contributed by atoms with Gasteiger partial charge < -0.3 is 19.7 Å². The summed E-state index contributed by atoms with van der Waals surface area (Å²) in [6.45, 7) is 0.490. The molecule has 2 aromatic rings. The Kier molecular flexibility index (Phi) is 2.90. The first-order valence-corrected chi connectivity index (χ1v) is 6.08. The number of furan rings is 1. The molecule has 6 heteroatoms. The summed E-state index contributed by atoms with van der Waals surface area (Å²) in [5.41, 5.74) is 2.13. The molecule has 6 nitrogen and oxygen atoms in total. The summed E-state index contributed by atoms with van der Waals surface area (Å²) in [6.07, 6.45) is 1.34. The van der Waals surface area contributed by atoms with E-state index in [1.54, 1.807) is 6.07 Å². The first-order valence-electron chi connectivity index (χ1n) is 6.08. The molecule has 2 heterocycles. The molecule has 0 saturated heterocycles. The number of nitrogens with one attached hydrogen (secondary N) is 1. The molecule has 20 heavy (non-hydrogen) atoms. The van der Waals surface area contributed by atoms with Crippen molar-refractivity contribution in [3.63, 3.8) is 0 Å². The molecule has 102 valence electrons. The Morgan fingerprint density at radius 2 is 2.15 bits per heavy atom. The third-order valence-corrected chi connectivity index (χ3v) is 3.16. The Morgan fingerprint density at radius 3 is 2.95 bits per heavy atom. The van der Waals surface area contributed by atoms with Crippen LogP contribution in [0, 0.1) is 0 Å². The maximum Gasteiger partial charge on any atom is 0.372 e. The number of carbonyl (C=O) groups excluding carboxylic acids is 1. The van der Waals surface area contributed by atoms with Crippen LogP contribution in [0.1, 0.15) is 16.1 Å². The van der Waals surface area contributed by atoms with Crippen LogP contribution in [0.25, 0.3) is 0 Å². The molecule has 0 spiro atoms. The van der Waals surface area contributed by atoms with Crippen LogP contribution in [-0.2, 0) is 11.3 Å². The highest BCUT2D eigenvalue weighted by Gasteiger charge is 2.24. The number of hydrogen-bond donors (Lipinski definition) is 2. The van der Waals surface area contributed by atoms with Gasteiger partial charge >= 0.3 is 5.97 Å². The highest BCUT2D eigenvalue weighted by Crippen LogP contribution is 2.30. The monoisotopic (exact) mass is 272 g/mol. The SMILES string of the molecule is O=C1CN(Cc2ccoc2C(=O)O)c2ccccc2N1. The molecule has 0 aliphatic carbocycles. The molecule has 0 bridgehead atoms. The number of carboxylic acids is 1. The number of para-hydroxylation sites is 2. The van der Waals surface area contributed by atoms with E-state index in [-0.39, 0.29) is 18.2 Å². The predicted molar refractivity (Wildman–Crippen MR) is 71.8 cm³/mol. The Bertz CT molecular complexity index is 677. The molecular formula is C14H12N2O4. The zero-order chi connectivity index (χ0) is 14.1. The van der Waals surface area contributed by atoms with E-state index in [1.807, 2.05) is 29.2 Å². The second-order valence-electron chi connectivity index (χ2n) is 4.50. The summed E-state index contributed by atoms with van der Waals surface area (Å²) in [5, 5.41) is 11.8. The average Bonchev–Trinajstić information content (AvgIpc) is 2.87. The van der Waals surface area contributed by atoms with Crippen LogP contribution in [0.5, 0.6) is 0 Å². The van der Waals surface area contributed by atoms with E-state index in [0.29, 0.717) is 12.1 Å². The van der Waals surface area contributed by atoms with Gasteiger partial charge in [0.15, 0.2) is 0 Å². The number of nitrogens with zero attached hydrogens (tertiary/aromatic N) is 1. The lowest BCUT2D eigenvalue weighted by Crippen LogP contribution is -2.37. The standard InChI is InChI=1S/C14H12N2O4/c17-12-8-16(11-4-2-1-3-10(11)15-12)7-9-5-6-20-13(9)14(18)19/h1-6H,7-8H2,(H,15,17)(H,18,19). The number of anilines is 2. The van der Waals surface area contributed by atoms with Crippen LogP contribution in [-0.4, -0.2) is 23.5 Å². The van der Waals surface area contributed by atoms with E-state index in [4.69, 9.17) is 9.52 Å². The highest BCUT2D eigenvalue weighted by molar-refractivity contribution is 6.01. The lowest BCUT2D eigenvalue weighted by Gasteiger charge is -2.30. The summed E-state index contributed by atoms with van der Waals surface area (Å²) < 4.78 is 4.96. The maximum atomic E-state index is 11.7. The lowest BCUT2D eigenvalue weighted by atomic mass is 10.1. The topological polar surface area (TPSA) is 82.8 Å². The second kappa shape index (κ2) is 4.73. The van der Waals surface area contributed by atoms with Crippen LogP contribution < -0.4 is 10.2 Å². The minimum absolute atomic E-state index is 0.0894. The lowest BCUT2D eigenvalue weighted by molar-refractivity contribution is -0.115. The van der Waals surface area contributed by atoms with Gasteiger partial charge in [0.2, 0.25) is 11.7 Å². The van der Waals surface area contributed by atoms with Crippen molar-refractivity contribution in [1.29, 1.82) is 0 Å². The summed E-state index contributed by atoms with van der Waals surface area (Å²) in [5.74, 6) is -1.32. The van der Waals surface area contributed by atoms with Crippen LogP contribution in [0.3, 0.4) is 0 Å². The summed E-state index contributed by atoms with van der Waals surface area (Å²) in [6, 6.07) is 9.01. The summed E-state index contributed by atoms with van der Waals surface area (Å²) in [7, 11) is 0. The molecule has 0 saturated carbocycles. The Hall–Kier alpha value is -2.76. The Labute approximate surface area is 114 Å². The zero-order valence-corrected chi connectivity index (χ0v) is 10.5. The molecule has 1 aliphatic heterocycles. The number of rotatable bonds is 3. The molecule has 1 aliphatic rings. The first kappa shape index (κ1) is 12.3. The van der Waals surface area contributed by atoms with Crippen molar-refractivity contribution in [2.24, 2.45) is 0 Å². The van der Waals surface area contributed by atoms with E-state index >= 15 is 0 Å². The van der Waals surface area contributed by atoms with Gasteiger partial charge in [-0.15, -0.1) is 0 Å². The van der Waals surface area contributed by atoms with Crippen molar-refractivity contribution in [3.8, 4) is 0 Å². The van der Waals surface area contributed by atoms with Crippen molar-refractivity contribution in [1.82, 2.24) is 0 Å². The third-order valence-electron chi connectivity index (χ3n) is 3.16. The molecule has 0 radical (unpaired) electrons. The number of fused-ring (bicyclic) bond motifs is 1. The van der Waals surface area contributed by atoms with Gasteiger partial charge in [-0.1, -0.05) is 12.1 Å². The molecule has 1 aromatic heterocycles. The van der Waals surface area contributed by atoms with E-state index in [0.717, 1.165) is 11.4 Å². The Morgan fingerprint density at radius 1 is 1.35 bits per heavy atom. The summed E-state index contributed by atoms with van der Waals surface area (Å²) >= 11 is 0. The highest BCUT2D eigenvalue weighted by atomic mass is 16.4. The molecule has 0 atom stereocenters. The number of aromatic carboxylic acids is 1. The van der Waals surface area contributed by atoms with Crippen LogP contribution in [0.4, 0.5) is 11.4 Å². The Balaban J connectivity index is 1.93. The fourth-order valence-corrected chi connectivity index (χ4v) is 2.30. The predicted octanol–water partition coefficient (Wildman–Crippen LogP) is 1.94. The van der Waals surface area contributed by atoms with Crippen LogP contribution >= 0.6 is 0 Å². The largest absolute Gasteiger partial charge is 0.475 e. The average molecular weight is 272 g/mol. The van der Waals surface area contributed by atoms with Crippen molar-refractivity contribution in [3.05, 3.63) is 47.9 Å². The van der Waals surface area contributed by atoms with Gasteiger partial charge in [-0.2, -0.15) is 0 Å². The molecule has 3 rings (SSSR count). The molecule has 2 N–H and O–H groups in total. The number of hydrogen-bond acceptors (Lipinski definition) is 4. The molecule has 0 unspecified atom stereocenters. The second-order valence-corrected chi connectivity index (χ2v) is 4.50. The van der Waals surface area contributed by atoms with Crippen molar-refractivity contribution in [2.45, 2.75) is 6.54 Å². The van der Waals surface area contributed by atoms with E-state index in [2.05, 4.69) is 5.32 Å². The summed E-state index contributed by atoms with van der Waals surface area (Å²) in [4.78, 5) is 24.6. The van der Waals surface area contributed by atoms with E-state index < -0.39 is 5.97 Å². The smallest absolute Gasteiger partial charge is 0.372 e. The fraction of sp³-hybridized carbons (Fsp3) is 0.143. The van der Waals surface area contributed by atoms with Gasteiger partial charge in [-0.3, -0.25) is 4.79 Å². The molecule has 0 fully saturated rings. The van der Waals surface area contributed by atoms with Crippen molar-refractivity contribution < 1.29 is 19.1 Å². The van der Waals surface area contributed by atoms with Crippen LogP contribution in [0.2, 0.25) is 0 Å². The third kappa shape index (κ3) is 2.11. The zero-order valence-electron chi connectivity index (χ0n) is 10.5. The van der Waals surface area contributed by atoms with Crippen molar-refractivity contribution >= 4 is 23.3 Å². The minimum atomic E-state index is -1.11. The first-order chi connectivity index (χ1) is 9.65. The normalized spacial score (nSPS) is 13.8. The van der Waals surface area contributed by atoms with E-state index in [1.165, 1.54) is 6.26 Å². The minimum Gasteiger partial charge on any atom is -0.475 e. The van der Waals surface area contributed by atoms with Gasteiger partial charge in [0.05, 0.1) is 24.2 Å². The number of carbonyl (C=O) groups is 2. The quantitative estimate of drug-likeness (QED) is 0.892. The molecule has 1 amide bonds. The van der Waals surface area contributed by atoms with Crippen molar-refractivity contribution in [2.75, 3.05) is 16.8 Å². The van der Waals surface area contributed by atoms with Gasteiger partial charge in [0, 0.05) is 12.1 Å². The van der Waals surface area contributed by atoms with Crippen LogP contribution in [0.15, 0.2) is 41.0 Å². The van der Waals surface area contributed by atoms with E-state index in [9.17, 15) is 9.59 Å². The molecular weight excluding hydrogens is 260 g/mol. The van der Waals surface area contributed by atoms with Gasteiger partial charge in [-0.05, 0) is 18.2 Å². The van der Waals surface area contributed by atoms with Gasteiger partial charge in [0.1, 0.15) is 0 Å². The van der Waals surface area contributed by atoms with Gasteiger partial charge in [0.25, 0.3) is 0 Å². The number of benzene rings is 1. The molecule has 1 aromatic carbocycles. The number of carboxylic acid groups (broad SMARTS) is 1.